The molecule has 0 spiro atoms. The average molecular weight is 271 g/mol. The molecule has 100 valence electrons. The summed E-state index contributed by atoms with van der Waals surface area (Å²) in [6.45, 7) is 2.22. The summed E-state index contributed by atoms with van der Waals surface area (Å²) in [6.07, 6.45) is 7.52. The van der Waals surface area contributed by atoms with Crippen LogP contribution in [0.3, 0.4) is 0 Å². The predicted molar refractivity (Wildman–Crippen MR) is 71.5 cm³/mol. The lowest BCUT2D eigenvalue weighted by Crippen LogP contribution is -2.25. The summed E-state index contributed by atoms with van der Waals surface area (Å²) < 4.78 is 5.88. The van der Waals surface area contributed by atoms with Gasteiger partial charge in [0, 0.05) is 0 Å². The largest absolute Gasteiger partial charge is 0.473 e. The van der Waals surface area contributed by atoms with Gasteiger partial charge >= 0.3 is 0 Å². The summed E-state index contributed by atoms with van der Waals surface area (Å²) in [7, 11) is 0. The van der Waals surface area contributed by atoms with Gasteiger partial charge in [0.05, 0.1) is 6.20 Å². The molecule has 6 heteroatoms. The van der Waals surface area contributed by atoms with E-state index in [-0.39, 0.29) is 6.10 Å². The van der Waals surface area contributed by atoms with E-state index in [1.165, 1.54) is 25.5 Å². The van der Waals surface area contributed by atoms with Crippen molar-refractivity contribution in [2.24, 2.45) is 11.8 Å². The molecule has 1 aliphatic rings. The molecule has 1 aromatic heterocycles. The molecule has 3 N–H and O–H groups in total. The molecule has 1 saturated carbocycles. The third-order valence-electron chi connectivity index (χ3n) is 3.43. The maximum atomic E-state index is 6.02. The van der Waals surface area contributed by atoms with Gasteiger partial charge in [0.15, 0.2) is 0 Å². The van der Waals surface area contributed by atoms with Crippen LogP contribution in [0.25, 0.3) is 0 Å². The van der Waals surface area contributed by atoms with Gasteiger partial charge in [0.1, 0.15) is 11.1 Å². The lowest BCUT2D eigenvalue weighted by Gasteiger charge is -2.28. The Labute approximate surface area is 112 Å². The molecule has 1 fully saturated rings. The van der Waals surface area contributed by atoms with Crippen LogP contribution >= 0.6 is 11.6 Å². The average Bonchev–Trinajstić information content (AvgIpc) is 2.41. The van der Waals surface area contributed by atoms with Gasteiger partial charge < -0.3 is 4.74 Å². The number of hydrogen-bond donors (Lipinski definition) is 2. The highest BCUT2D eigenvalue weighted by Gasteiger charge is 2.23. The first kappa shape index (κ1) is 13.4. The number of nitrogen functional groups attached to an aromatic ring is 1. The van der Waals surface area contributed by atoms with Crippen molar-refractivity contribution in [1.82, 2.24) is 9.97 Å². The van der Waals surface area contributed by atoms with E-state index in [1.54, 1.807) is 0 Å². The summed E-state index contributed by atoms with van der Waals surface area (Å²) in [5.74, 6) is 6.75. The fraction of sp³-hybridized carbons (Fsp3) is 0.667. The van der Waals surface area contributed by atoms with E-state index in [0.29, 0.717) is 16.9 Å². The minimum atomic E-state index is 0.196. The molecule has 0 aliphatic heterocycles. The number of hydrogen-bond acceptors (Lipinski definition) is 5. The van der Waals surface area contributed by atoms with E-state index < -0.39 is 0 Å². The monoisotopic (exact) mass is 270 g/mol. The zero-order chi connectivity index (χ0) is 13.0. The van der Waals surface area contributed by atoms with Gasteiger partial charge in [0.25, 0.3) is 0 Å². The molecule has 1 aromatic rings. The zero-order valence-electron chi connectivity index (χ0n) is 10.5. The molecule has 2 atom stereocenters. The van der Waals surface area contributed by atoms with E-state index >= 15 is 0 Å². The summed E-state index contributed by atoms with van der Waals surface area (Å²) in [5.41, 5.74) is 2.39. The fourth-order valence-electron chi connectivity index (χ4n) is 2.38. The van der Waals surface area contributed by atoms with E-state index in [0.717, 1.165) is 18.8 Å². The number of rotatable bonds is 4. The quantitative estimate of drug-likeness (QED) is 0.650. The molecule has 0 bridgehead atoms. The molecule has 0 radical (unpaired) electrons. The molecule has 0 aromatic carbocycles. The van der Waals surface area contributed by atoms with Crippen LogP contribution in [0.2, 0.25) is 5.02 Å². The van der Waals surface area contributed by atoms with Crippen molar-refractivity contribution in [3.63, 3.8) is 0 Å². The Morgan fingerprint density at radius 3 is 3.11 bits per heavy atom. The maximum absolute atomic E-state index is 6.02. The van der Waals surface area contributed by atoms with Crippen molar-refractivity contribution < 1.29 is 4.74 Å². The maximum Gasteiger partial charge on any atom is 0.240 e. The molecule has 0 amide bonds. The third kappa shape index (κ3) is 3.23. The Balaban J connectivity index is 2.04. The van der Waals surface area contributed by atoms with Gasteiger partial charge in [-0.2, -0.15) is 4.98 Å². The first-order valence-corrected chi connectivity index (χ1v) is 6.76. The molecule has 18 heavy (non-hydrogen) atoms. The standard InChI is InChI=1S/C12H19ClN4O/c1-2-8-4-3-5-9(6-8)18-11-10(13)7-15-12(16-11)17-14/h7-9H,2-6,14H2,1H3,(H,15,16,17). The number of nitrogens with two attached hydrogens (primary N) is 1. The van der Waals surface area contributed by atoms with Crippen LogP contribution in [0.5, 0.6) is 5.88 Å². The summed E-state index contributed by atoms with van der Waals surface area (Å²) in [6, 6.07) is 0. The zero-order valence-corrected chi connectivity index (χ0v) is 11.3. The second kappa shape index (κ2) is 6.20. The SMILES string of the molecule is CCC1CCCC(Oc2nc(NN)ncc2Cl)C1. The van der Waals surface area contributed by atoms with Gasteiger partial charge in [-0.3, -0.25) is 5.43 Å². The third-order valence-corrected chi connectivity index (χ3v) is 3.69. The van der Waals surface area contributed by atoms with Crippen molar-refractivity contribution in [2.45, 2.75) is 45.1 Å². The Hall–Kier alpha value is -1.07. The summed E-state index contributed by atoms with van der Waals surface area (Å²) in [5, 5.41) is 0.424. The molecule has 2 rings (SSSR count). The van der Waals surface area contributed by atoms with E-state index in [9.17, 15) is 0 Å². The van der Waals surface area contributed by atoms with Crippen molar-refractivity contribution in [3.05, 3.63) is 11.2 Å². The van der Waals surface area contributed by atoms with Crippen molar-refractivity contribution in [3.8, 4) is 5.88 Å². The van der Waals surface area contributed by atoms with Crippen molar-refractivity contribution in [2.75, 3.05) is 5.43 Å². The minimum Gasteiger partial charge on any atom is -0.473 e. The highest BCUT2D eigenvalue weighted by Crippen LogP contribution is 2.31. The number of halogens is 1. The number of anilines is 1. The van der Waals surface area contributed by atoms with E-state index in [4.69, 9.17) is 22.2 Å². The number of ether oxygens (including phenoxy) is 1. The predicted octanol–water partition coefficient (Wildman–Crippen LogP) is 2.76. The number of nitrogens with zero attached hydrogens (tertiary/aromatic N) is 2. The molecule has 2 unspecified atom stereocenters. The van der Waals surface area contributed by atoms with Crippen LogP contribution < -0.4 is 16.0 Å². The normalized spacial score (nSPS) is 23.7. The van der Waals surface area contributed by atoms with Crippen LogP contribution in [0.1, 0.15) is 39.0 Å². The van der Waals surface area contributed by atoms with Crippen molar-refractivity contribution >= 4 is 17.5 Å². The summed E-state index contributed by atoms with van der Waals surface area (Å²) >= 11 is 6.02. The number of nitrogens with one attached hydrogen (secondary N) is 1. The Morgan fingerprint density at radius 1 is 1.56 bits per heavy atom. The van der Waals surface area contributed by atoms with E-state index in [1.807, 2.05) is 0 Å². The topological polar surface area (TPSA) is 73.1 Å². The van der Waals surface area contributed by atoms with Gasteiger partial charge in [0.2, 0.25) is 11.8 Å². The molecule has 5 nitrogen and oxygen atoms in total. The Morgan fingerprint density at radius 2 is 2.39 bits per heavy atom. The van der Waals surface area contributed by atoms with Crippen LogP contribution in [0.15, 0.2) is 6.20 Å². The second-order valence-corrected chi connectivity index (χ2v) is 5.08. The molecule has 1 aliphatic carbocycles. The Kier molecular flexibility index (Phi) is 4.60. The van der Waals surface area contributed by atoms with E-state index in [2.05, 4.69) is 22.3 Å². The van der Waals surface area contributed by atoms with Crippen LogP contribution in [-0.2, 0) is 0 Å². The first-order valence-electron chi connectivity index (χ1n) is 6.38. The highest BCUT2D eigenvalue weighted by molar-refractivity contribution is 6.31. The number of aromatic nitrogens is 2. The highest BCUT2D eigenvalue weighted by atomic mass is 35.5. The number of hydrazine groups is 1. The van der Waals surface area contributed by atoms with Gasteiger partial charge in [-0.05, 0) is 25.2 Å². The van der Waals surface area contributed by atoms with Crippen LogP contribution in [-0.4, -0.2) is 16.1 Å². The fourth-order valence-corrected chi connectivity index (χ4v) is 2.52. The molecule has 1 heterocycles. The first-order chi connectivity index (χ1) is 8.72. The summed E-state index contributed by atoms with van der Waals surface area (Å²) in [4.78, 5) is 8.06. The van der Waals surface area contributed by atoms with Crippen molar-refractivity contribution in [1.29, 1.82) is 0 Å². The Bertz CT molecular complexity index is 402. The second-order valence-electron chi connectivity index (χ2n) is 4.67. The van der Waals surface area contributed by atoms with Gasteiger partial charge in [-0.25, -0.2) is 10.8 Å². The minimum absolute atomic E-state index is 0.196. The van der Waals surface area contributed by atoms with Crippen LogP contribution in [0.4, 0.5) is 5.95 Å². The molecular formula is C12H19ClN4O. The lowest BCUT2D eigenvalue weighted by atomic mass is 9.85. The molecule has 0 saturated heterocycles. The molecular weight excluding hydrogens is 252 g/mol. The lowest BCUT2D eigenvalue weighted by molar-refractivity contribution is 0.117. The smallest absolute Gasteiger partial charge is 0.240 e. The van der Waals surface area contributed by atoms with Gasteiger partial charge in [-0.15, -0.1) is 0 Å². The van der Waals surface area contributed by atoms with Crippen LogP contribution in [0, 0.1) is 5.92 Å². The van der Waals surface area contributed by atoms with Gasteiger partial charge in [-0.1, -0.05) is 31.4 Å².